The molecule has 2 atom stereocenters. The third-order valence-corrected chi connectivity index (χ3v) is 9.90. The van der Waals surface area contributed by atoms with Gasteiger partial charge in [-0.15, -0.1) is 0 Å². The van der Waals surface area contributed by atoms with E-state index in [0.717, 1.165) is 38.5 Å². The molecule has 0 rings (SSSR count). The molecule has 1 amide bonds. The molecule has 0 bridgehead atoms. The Bertz CT molecular complexity index is 746. The topological polar surface area (TPSA) is 69.6 Å². The molecule has 0 aromatic rings. The third-order valence-electron chi connectivity index (χ3n) is 9.90. The van der Waals surface area contributed by atoms with Crippen molar-refractivity contribution in [3.63, 3.8) is 0 Å². The molecule has 0 aliphatic carbocycles. The molecule has 0 aromatic heterocycles. The van der Waals surface area contributed by atoms with E-state index < -0.39 is 12.1 Å². The largest absolute Gasteiger partial charge is 0.394 e. The fourth-order valence-electron chi connectivity index (χ4n) is 6.54. The Morgan fingerprint density at radius 1 is 0.490 bits per heavy atom. The van der Waals surface area contributed by atoms with Crippen LogP contribution in [0, 0.1) is 0 Å². The van der Waals surface area contributed by atoms with Crippen LogP contribution in [0.25, 0.3) is 0 Å². The summed E-state index contributed by atoms with van der Waals surface area (Å²) in [4.78, 5) is 12.3. The number of amides is 1. The van der Waals surface area contributed by atoms with Crippen molar-refractivity contribution in [2.24, 2.45) is 0 Å². The average molecular weight is 688 g/mol. The maximum atomic E-state index is 12.3. The lowest BCUT2D eigenvalue weighted by atomic mass is 10.0. The second-order valence-corrected chi connectivity index (χ2v) is 14.8. The van der Waals surface area contributed by atoms with Crippen LogP contribution in [0.2, 0.25) is 0 Å². The van der Waals surface area contributed by atoms with E-state index in [2.05, 4.69) is 55.6 Å². The summed E-state index contributed by atoms with van der Waals surface area (Å²) >= 11 is 0. The molecule has 49 heavy (non-hydrogen) atoms. The van der Waals surface area contributed by atoms with E-state index in [1.165, 1.54) is 161 Å². The summed E-state index contributed by atoms with van der Waals surface area (Å²) in [5.41, 5.74) is 0. The summed E-state index contributed by atoms with van der Waals surface area (Å²) < 4.78 is 0. The highest BCUT2D eigenvalue weighted by atomic mass is 16.3. The van der Waals surface area contributed by atoms with Gasteiger partial charge in [-0.1, -0.05) is 204 Å². The minimum atomic E-state index is -0.654. The Morgan fingerprint density at radius 2 is 0.837 bits per heavy atom. The second-order valence-electron chi connectivity index (χ2n) is 14.8. The molecule has 0 fully saturated rings. The van der Waals surface area contributed by atoms with Crippen LogP contribution in [0.15, 0.2) is 36.5 Å². The van der Waals surface area contributed by atoms with Gasteiger partial charge in [0, 0.05) is 6.42 Å². The Balaban J connectivity index is 3.40. The smallest absolute Gasteiger partial charge is 0.220 e. The number of allylic oxidation sites excluding steroid dienone is 6. The molecule has 4 nitrogen and oxygen atoms in total. The van der Waals surface area contributed by atoms with E-state index in [0.29, 0.717) is 12.8 Å². The third kappa shape index (κ3) is 37.7. The molecule has 0 aliphatic heterocycles. The highest BCUT2D eigenvalue weighted by Gasteiger charge is 2.19. The van der Waals surface area contributed by atoms with Crippen LogP contribution in [0.5, 0.6) is 0 Å². The molecule has 0 saturated heterocycles. The van der Waals surface area contributed by atoms with E-state index in [-0.39, 0.29) is 12.5 Å². The summed E-state index contributed by atoms with van der Waals surface area (Å²) in [6.45, 7) is 4.29. The van der Waals surface area contributed by atoms with E-state index >= 15 is 0 Å². The SMILES string of the molecule is CCCCCCC/C=C\C/C=C\C/C=C\CCCCCCCCCCCCCCCCCCC(=O)NC(CO)C(O)CCCCCCCC. The van der Waals surface area contributed by atoms with Crippen molar-refractivity contribution in [3.05, 3.63) is 36.5 Å². The molecule has 3 N–H and O–H groups in total. The van der Waals surface area contributed by atoms with Crippen molar-refractivity contribution in [2.45, 2.75) is 238 Å². The van der Waals surface area contributed by atoms with Crippen LogP contribution in [-0.4, -0.2) is 34.9 Å². The van der Waals surface area contributed by atoms with Crippen molar-refractivity contribution in [3.8, 4) is 0 Å². The summed E-state index contributed by atoms with van der Waals surface area (Å²) in [6.07, 6.45) is 54.0. The molecule has 288 valence electrons. The first kappa shape index (κ1) is 47.6. The first-order valence-electron chi connectivity index (χ1n) is 21.7. The van der Waals surface area contributed by atoms with E-state index in [9.17, 15) is 15.0 Å². The lowest BCUT2D eigenvalue weighted by Crippen LogP contribution is -2.45. The number of aliphatic hydroxyl groups excluding tert-OH is 2. The zero-order chi connectivity index (χ0) is 35.7. The molecular weight excluding hydrogens is 602 g/mol. The minimum Gasteiger partial charge on any atom is -0.394 e. The number of hydrogen-bond acceptors (Lipinski definition) is 3. The molecule has 4 heteroatoms. The van der Waals surface area contributed by atoms with Crippen LogP contribution in [-0.2, 0) is 4.79 Å². The number of nitrogens with one attached hydrogen (secondary N) is 1. The number of unbranched alkanes of at least 4 members (excludes halogenated alkanes) is 26. The van der Waals surface area contributed by atoms with Gasteiger partial charge in [-0.25, -0.2) is 0 Å². The van der Waals surface area contributed by atoms with Crippen LogP contribution >= 0.6 is 0 Å². The van der Waals surface area contributed by atoms with Gasteiger partial charge in [0.05, 0.1) is 18.8 Å². The molecule has 0 spiro atoms. The quantitative estimate of drug-likeness (QED) is 0.0445. The Kier molecular flexibility index (Phi) is 39.9. The normalized spacial score (nSPS) is 13.3. The van der Waals surface area contributed by atoms with E-state index in [4.69, 9.17) is 0 Å². The van der Waals surface area contributed by atoms with Crippen LogP contribution in [0.1, 0.15) is 226 Å². The Labute approximate surface area is 306 Å². The molecule has 0 saturated carbocycles. The van der Waals surface area contributed by atoms with Gasteiger partial charge in [0.15, 0.2) is 0 Å². The number of rotatable bonds is 39. The van der Waals surface area contributed by atoms with Gasteiger partial charge < -0.3 is 15.5 Å². The highest BCUT2D eigenvalue weighted by molar-refractivity contribution is 5.76. The van der Waals surface area contributed by atoms with Crippen molar-refractivity contribution < 1.29 is 15.0 Å². The number of carbonyl (C=O) groups is 1. The molecular formula is C45H85NO3. The van der Waals surface area contributed by atoms with Crippen molar-refractivity contribution >= 4 is 5.91 Å². The van der Waals surface area contributed by atoms with Crippen molar-refractivity contribution in [2.75, 3.05) is 6.61 Å². The van der Waals surface area contributed by atoms with Gasteiger partial charge in [0.25, 0.3) is 0 Å². The monoisotopic (exact) mass is 688 g/mol. The van der Waals surface area contributed by atoms with Crippen molar-refractivity contribution in [1.29, 1.82) is 0 Å². The minimum absolute atomic E-state index is 0.0367. The fraction of sp³-hybridized carbons (Fsp3) is 0.844. The molecule has 0 aliphatic rings. The lowest BCUT2D eigenvalue weighted by molar-refractivity contribution is -0.123. The molecule has 0 aromatic carbocycles. The number of aliphatic hydroxyl groups is 2. The molecule has 0 radical (unpaired) electrons. The zero-order valence-electron chi connectivity index (χ0n) is 33.0. The van der Waals surface area contributed by atoms with Crippen molar-refractivity contribution in [1.82, 2.24) is 5.32 Å². The van der Waals surface area contributed by atoms with Crippen LogP contribution < -0.4 is 5.32 Å². The van der Waals surface area contributed by atoms with Gasteiger partial charge in [-0.3, -0.25) is 4.79 Å². The standard InChI is InChI=1S/C45H85NO3/c1-3-5-7-9-11-12-13-14-15-16-17-18-19-20-21-22-23-24-25-26-27-28-29-30-31-32-33-34-35-37-39-41-45(49)46-43(42-47)44(48)40-38-36-10-8-6-4-2/h13-14,16-17,19-20,43-44,47-48H,3-12,15,18,21-42H2,1-2H3,(H,46,49)/b14-13-,17-16-,20-19-. The van der Waals surface area contributed by atoms with Gasteiger partial charge in [-0.2, -0.15) is 0 Å². The van der Waals surface area contributed by atoms with Crippen LogP contribution in [0.4, 0.5) is 0 Å². The van der Waals surface area contributed by atoms with E-state index in [1.807, 2.05) is 0 Å². The molecule has 2 unspecified atom stereocenters. The number of carbonyl (C=O) groups excluding carboxylic acids is 1. The van der Waals surface area contributed by atoms with Gasteiger partial charge in [-0.05, 0) is 51.4 Å². The maximum absolute atomic E-state index is 12.3. The van der Waals surface area contributed by atoms with Gasteiger partial charge in [0.1, 0.15) is 0 Å². The Hall–Kier alpha value is -1.39. The van der Waals surface area contributed by atoms with Gasteiger partial charge in [0.2, 0.25) is 5.91 Å². The average Bonchev–Trinajstić information content (AvgIpc) is 3.10. The van der Waals surface area contributed by atoms with Crippen LogP contribution in [0.3, 0.4) is 0 Å². The highest BCUT2D eigenvalue weighted by Crippen LogP contribution is 2.15. The lowest BCUT2D eigenvalue weighted by Gasteiger charge is -2.22. The predicted molar refractivity (Wildman–Crippen MR) is 216 cm³/mol. The summed E-state index contributed by atoms with van der Waals surface area (Å²) in [7, 11) is 0. The maximum Gasteiger partial charge on any atom is 0.220 e. The second kappa shape index (κ2) is 41.0. The Morgan fingerprint density at radius 3 is 1.24 bits per heavy atom. The summed E-state index contributed by atoms with van der Waals surface area (Å²) in [6, 6.07) is -0.531. The zero-order valence-corrected chi connectivity index (χ0v) is 33.0. The first-order valence-corrected chi connectivity index (χ1v) is 21.7. The summed E-state index contributed by atoms with van der Waals surface area (Å²) in [5.74, 6) is -0.0367. The molecule has 0 heterocycles. The number of hydrogen-bond donors (Lipinski definition) is 3. The fourth-order valence-corrected chi connectivity index (χ4v) is 6.54. The van der Waals surface area contributed by atoms with E-state index in [1.54, 1.807) is 0 Å². The summed E-state index contributed by atoms with van der Waals surface area (Å²) in [5, 5.41) is 22.9. The van der Waals surface area contributed by atoms with Gasteiger partial charge >= 0.3 is 0 Å². The first-order chi connectivity index (χ1) is 24.2. The predicted octanol–water partition coefficient (Wildman–Crippen LogP) is 13.4.